The molecule has 0 aromatic heterocycles. The summed E-state index contributed by atoms with van der Waals surface area (Å²) in [6.07, 6.45) is 1.41. The number of amides is 3. The van der Waals surface area contributed by atoms with Crippen molar-refractivity contribution in [3.05, 3.63) is 29.3 Å². The molecule has 5 nitrogen and oxygen atoms in total. The van der Waals surface area contributed by atoms with Gasteiger partial charge in [0.2, 0.25) is 17.7 Å². The van der Waals surface area contributed by atoms with E-state index in [0.717, 1.165) is 16.8 Å². The third-order valence-corrected chi connectivity index (χ3v) is 6.69. The van der Waals surface area contributed by atoms with Crippen molar-refractivity contribution in [2.24, 2.45) is 16.7 Å². The molecule has 1 aromatic carbocycles. The van der Waals surface area contributed by atoms with Gasteiger partial charge in [0.15, 0.2) is 0 Å². The van der Waals surface area contributed by atoms with Crippen LogP contribution in [-0.2, 0) is 14.4 Å². The summed E-state index contributed by atoms with van der Waals surface area (Å²) >= 11 is 0. The van der Waals surface area contributed by atoms with Crippen molar-refractivity contribution in [3.8, 4) is 0 Å². The van der Waals surface area contributed by atoms with Crippen LogP contribution in [0.3, 0.4) is 0 Å². The van der Waals surface area contributed by atoms with E-state index in [9.17, 15) is 14.4 Å². The van der Waals surface area contributed by atoms with Gasteiger partial charge in [0.25, 0.3) is 0 Å². The summed E-state index contributed by atoms with van der Waals surface area (Å²) in [5.41, 5.74) is 1.85. The molecule has 1 saturated heterocycles. The minimum absolute atomic E-state index is 0.191. The van der Waals surface area contributed by atoms with Gasteiger partial charge < -0.3 is 5.32 Å². The minimum atomic E-state index is -0.578. The Labute approximate surface area is 148 Å². The van der Waals surface area contributed by atoms with Gasteiger partial charge in [0.1, 0.15) is 6.54 Å². The quantitative estimate of drug-likeness (QED) is 0.859. The Kier molecular flexibility index (Phi) is 4.01. The Morgan fingerprint density at radius 1 is 1.24 bits per heavy atom. The molecule has 3 amide bonds. The topological polar surface area (TPSA) is 66.5 Å². The average Bonchev–Trinajstić information content (AvgIpc) is 2.73. The van der Waals surface area contributed by atoms with Crippen LogP contribution in [0.2, 0.25) is 0 Å². The van der Waals surface area contributed by atoms with Crippen LogP contribution in [0.1, 0.15) is 44.7 Å². The number of anilines is 1. The number of carbonyl (C=O) groups is 3. The number of aryl methyl sites for hydroxylation is 1. The van der Waals surface area contributed by atoms with Crippen LogP contribution < -0.4 is 5.32 Å². The van der Waals surface area contributed by atoms with Crippen LogP contribution >= 0.6 is 0 Å². The van der Waals surface area contributed by atoms with Crippen LogP contribution in [0.5, 0.6) is 0 Å². The van der Waals surface area contributed by atoms with E-state index in [1.165, 1.54) is 4.90 Å². The molecule has 1 heterocycles. The third kappa shape index (κ3) is 2.48. The number of nitrogens with zero attached hydrogens (tertiary/aromatic N) is 1. The number of likely N-dealkylation sites (tertiary alicyclic amines) is 1. The maximum atomic E-state index is 13.0. The number of hydrogen-bond acceptors (Lipinski definition) is 3. The lowest BCUT2D eigenvalue weighted by Crippen LogP contribution is -2.60. The fraction of sp³-hybridized carbons (Fsp3) is 0.550. The van der Waals surface area contributed by atoms with E-state index in [-0.39, 0.29) is 35.6 Å². The van der Waals surface area contributed by atoms with Crippen molar-refractivity contribution in [3.63, 3.8) is 0 Å². The lowest BCUT2D eigenvalue weighted by atomic mass is 9.62. The van der Waals surface area contributed by atoms with Gasteiger partial charge in [-0.15, -0.1) is 0 Å². The highest BCUT2D eigenvalue weighted by atomic mass is 16.2. The molecule has 2 atom stereocenters. The molecule has 1 saturated carbocycles. The first-order valence-electron chi connectivity index (χ1n) is 8.81. The van der Waals surface area contributed by atoms with Crippen LogP contribution in [0, 0.1) is 30.6 Å². The van der Waals surface area contributed by atoms with Gasteiger partial charge >= 0.3 is 0 Å². The molecule has 2 unspecified atom stereocenters. The van der Waals surface area contributed by atoms with Gasteiger partial charge in [-0.2, -0.15) is 0 Å². The molecule has 2 fully saturated rings. The molecule has 3 rings (SSSR count). The van der Waals surface area contributed by atoms with E-state index in [1.807, 2.05) is 52.8 Å². The highest BCUT2D eigenvalue weighted by Crippen LogP contribution is 2.59. The maximum absolute atomic E-state index is 13.0. The van der Waals surface area contributed by atoms with E-state index in [4.69, 9.17) is 0 Å². The summed E-state index contributed by atoms with van der Waals surface area (Å²) < 4.78 is 0. The number of carbonyl (C=O) groups excluding carboxylic acids is 3. The fourth-order valence-electron chi connectivity index (χ4n) is 4.27. The van der Waals surface area contributed by atoms with Crippen molar-refractivity contribution in [2.45, 2.75) is 47.5 Å². The second-order valence-electron chi connectivity index (χ2n) is 8.17. The van der Waals surface area contributed by atoms with E-state index in [2.05, 4.69) is 5.32 Å². The van der Waals surface area contributed by atoms with E-state index in [1.54, 1.807) is 0 Å². The molecule has 0 spiro atoms. The third-order valence-electron chi connectivity index (χ3n) is 6.69. The monoisotopic (exact) mass is 342 g/mol. The number of hydrogen-bond donors (Lipinski definition) is 1. The number of nitrogens with one attached hydrogen (secondary N) is 1. The maximum Gasteiger partial charge on any atom is 0.244 e. The largest absolute Gasteiger partial charge is 0.324 e. The van der Waals surface area contributed by atoms with Crippen molar-refractivity contribution in [1.82, 2.24) is 4.90 Å². The van der Waals surface area contributed by atoms with Crippen molar-refractivity contribution < 1.29 is 14.4 Å². The fourth-order valence-corrected chi connectivity index (χ4v) is 4.27. The molecule has 134 valence electrons. The molecule has 25 heavy (non-hydrogen) atoms. The zero-order chi connectivity index (χ0) is 18.6. The molecule has 1 aromatic rings. The van der Waals surface area contributed by atoms with Crippen molar-refractivity contribution >= 4 is 23.4 Å². The van der Waals surface area contributed by atoms with E-state index in [0.29, 0.717) is 12.8 Å². The lowest BCUT2D eigenvalue weighted by molar-refractivity contribution is -0.168. The molecular formula is C20H26N2O3. The number of benzene rings is 1. The van der Waals surface area contributed by atoms with Crippen LogP contribution in [0.4, 0.5) is 5.69 Å². The van der Waals surface area contributed by atoms with Crippen LogP contribution in [0.15, 0.2) is 18.2 Å². The van der Waals surface area contributed by atoms with E-state index >= 15 is 0 Å². The number of rotatable bonds is 3. The van der Waals surface area contributed by atoms with Gasteiger partial charge in [-0.05, 0) is 49.3 Å². The van der Waals surface area contributed by atoms with Gasteiger partial charge in [-0.25, -0.2) is 0 Å². The zero-order valence-corrected chi connectivity index (χ0v) is 15.6. The molecule has 1 aliphatic carbocycles. The Hall–Kier alpha value is -2.17. The molecule has 2 aliphatic rings. The minimum Gasteiger partial charge on any atom is -0.324 e. The lowest BCUT2D eigenvalue weighted by Gasteiger charge is -2.47. The summed E-state index contributed by atoms with van der Waals surface area (Å²) in [5, 5.41) is 2.84. The first kappa shape index (κ1) is 17.6. The SMILES string of the molecule is Cc1cccc(NC(=O)CN2C(=O)C3CCC(C)(C2=O)C3(C)C)c1C. The van der Waals surface area contributed by atoms with Crippen molar-refractivity contribution in [1.29, 1.82) is 0 Å². The summed E-state index contributed by atoms with van der Waals surface area (Å²) in [6, 6.07) is 5.68. The number of fused-ring (bicyclic) bond motifs is 2. The Balaban J connectivity index is 1.79. The Bertz CT molecular complexity index is 768. The van der Waals surface area contributed by atoms with Crippen LogP contribution in [-0.4, -0.2) is 29.2 Å². The normalized spacial score (nSPS) is 27.6. The molecular weight excluding hydrogens is 316 g/mol. The highest BCUT2D eigenvalue weighted by Gasteiger charge is 2.64. The summed E-state index contributed by atoms with van der Waals surface area (Å²) in [7, 11) is 0. The average molecular weight is 342 g/mol. The van der Waals surface area contributed by atoms with Gasteiger partial charge in [0.05, 0.1) is 5.41 Å². The standard InChI is InChI=1S/C20H26N2O3/c1-12-7-6-8-15(13(12)2)21-16(23)11-22-17(24)14-9-10-20(5,18(22)25)19(14,3)4/h6-8,14H,9-11H2,1-5H3,(H,21,23). The van der Waals surface area contributed by atoms with Crippen LogP contribution in [0.25, 0.3) is 0 Å². The highest BCUT2D eigenvalue weighted by molar-refractivity contribution is 6.07. The van der Waals surface area contributed by atoms with Gasteiger partial charge in [0, 0.05) is 11.6 Å². The summed E-state index contributed by atoms with van der Waals surface area (Å²) in [5.74, 6) is -0.949. The molecule has 1 N–H and O–H groups in total. The Morgan fingerprint density at radius 3 is 2.60 bits per heavy atom. The second kappa shape index (κ2) is 5.68. The molecule has 2 bridgehead atoms. The predicted molar refractivity (Wildman–Crippen MR) is 95.9 cm³/mol. The molecule has 0 radical (unpaired) electrons. The first-order chi connectivity index (χ1) is 11.6. The second-order valence-corrected chi connectivity index (χ2v) is 8.17. The number of piperidine rings is 1. The van der Waals surface area contributed by atoms with Crippen molar-refractivity contribution in [2.75, 3.05) is 11.9 Å². The molecule has 5 heteroatoms. The predicted octanol–water partition coefficient (Wildman–Crippen LogP) is 3.05. The summed E-state index contributed by atoms with van der Waals surface area (Å²) in [4.78, 5) is 39.4. The smallest absolute Gasteiger partial charge is 0.244 e. The van der Waals surface area contributed by atoms with Gasteiger partial charge in [-0.1, -0.05) is 32.9 Å². The summed E-state index contributed by atoms with van der Waals surface area (Å²) in [6.45, 7) is 9.61. The Morgan fingerprint density at radius 2 is 1.92 bits per heavy atom. The van der Waals surface area contributed by atoms with E-state index < -0.39 is 5.41 Å². The zero-order valence-electron chi connectivity index (χ0n) is 15.6. The molecule has 1 aliphatic heterocycles. The van der Waals surface area contributed by atoms with Gasteiger partial charge in [-0.3, -0.25) is 19.3 Å². The first-order valence-corrected chi connectivity index (χ1v) is 8.81. The number of imide groups is 1.